The molecule has 13 heavy (non-hydrogen) atoms. The molecule has 0 atom stereocenters. The van der Waals surface area contributed by atoms with Crippen LogP contribution >= 0.6 is 0 Å². The standard InChI is InChI=1S/C10H18N2O/c1-8-5-9(12-13-8)6-11-7-10(2,3)4/h5,11H,6-7H2,1-4H3. The van der Waals surface area contributed by atoms with Crippen LogP contribution in [0, 0.1) is 12.3 Å². The van der Waals surface area contributed by atoms with Crippen LogP contribution in [-0.2, 0) is 6.54 Å². The number of aryl methyl sites for hydroxylation is 1. The molecule has 1 rings (SSSR count). The fourth-order valence-electron chi connectivity index (χ4n) is 1.07. The van der Waals surface area contributed by atoms with Crippen LogP contribution in [0.5, 0.6) is 0 Å². The molecule has 0 aromatic carbocycles. The summed E-state index contributed by atoms with van der Waals surface area (Å²) in [5.74, 6) is 0.868. The van der Waals surface area contributed by atoms with Crippen molar-refractivity contribution in [2.75, 3.05) is 6.54 Å². The average molecular weight is 182 g/mol. The summed E-state index contributed by atoms with van der Waals surface area (Å²) >= 11 is 0. The highest BCUT2D eigenvalue weighted by Crippen LogP contribution is 2.10. The molecule has 0 unspecified atom stereocenters. The zero-order valence-electron chi connectivity index (χ0n) is 8.85. The molecule has 0 aliphatic heterocycles. The predicted molar refractivity (Wildman–Crippen MR) is 52.4 cm³/mol. The number of rotatable bonds is 3. The largest absolute Gasteiger partial charge is 0.361 e. The Balaban J connectivity index is 2.28. The average Bonchev–Trinajstić information content (AvgIpc) is 2.33. The van der Waals surface area contributed by atoms with Gasteiger partial charge in [-0.1, -0.05) is 25.9 Å². The molecule has 0 spiro atoms. The highest BCUT2D eigenvalue weighted by molar-refractivity contribution is 5.02. The molecule has 0 radical (unpaired) electrons. The highest BCUT2D eigenvalue weighted by Gasteiger charge is 2.09. The second-order valence-electron chi connectivity index (χ2n) is 4.59. The Morgan fingerprint density at radius 3 is 2.62 bits per heavy atom. The van der Waals surface area contributed by atoms with Crippen LogP contribution in [0.3, 0.4) is 0 Å². The van der Waals surface area contributed by atoms with Crippen molar-refractivity contribution in [3.8, 4) is 0 Å². The lowest BCUT2D eigenvalue weighted by Gasteiger charge is -2.17. The second-order valence-corrected chi connectivity index (χ2v) is 4.59. The van der Waals surface area contributed by atoms with Gasteiger partial charge in [-0.3, -0.25) is 0 Å². The number of hydrogen-bond donors (Lipinski definition) is 1. The van der Waals surface area contributed by atoms with Crippen LogP contribution in [0.4, 0.5) is 0 Å². The van der Waals surface area contributed by atoms with Gasteiger partial charge in [-0.05, 0) is 12.3 Å². The van der Waals surface area contributed by atoms with Crippen LogP contribution in [0.2, 0.25) is 0 Å². The second kappa shape index (κ2) is 3.92. The van der Waals surface area contributed by atoms with Gasteiger partial charge in [0.2, 0.25) is 0 Å². The van der Waals surface area contributed by atoms with Crippen molar-refractivity contribution in [2.24, 2.45) is 5.41 Å². The first-order valence-electron chi connectivity index (χ1n) is 4.60. The number of aromatic nitrogens is 1. The lowest BCUT2D eigenvalue weighted by Crippen LogP contribution is -2.26. The molecule has 0 saturated carbocycles. The van der Waals surface area contributed by atoms with Gasteiger partial charge in [-0.25, -0.2) is 0 Å². The summed E-state index contributed by atoms with van der Waals surface area (Å²) in [6.45, 7) is 10.3. The van der Waals surface area contributed by atoms with Gasteiger partial charge in [0.1, 0.15) is 5.76 Å². The molecule has 3 heteroatoms. The van der Waals surface area contributed by atoms with Crippen molar-refractivity contribution >= 4 is 0 Å². The van der Waals surface area contributed by atoms with E-state index in [1.165, 1.54) is 0 Å². The molecule has 0 aliphatic rings. The van der Waals surface area contributed by atoms with Crippen molar-refractivity contribution in [3.63, 3.8) is 0 Å². The van der Waals surface area contributed by atoms with E-state index < -0.39 is 0 Å². The molecule has 0 fully saturated rings. The van der Waals surface area contributed by atoms with Gasteiger partial charge < -0.3 is 9.84 Å². The Bertz CT molecular complexity index is 260. The third kappa shape index (κ3) is 4.08. The summed E-state index contributed by atoms with van der Waals surface area (Å²) in [6, 6.07) is 1.95. The van der Waals surface area contributed by atoms with Crippen LogP contribution in [0.1, 0.15) is 32.2 Å². The van der Waals surface area contributed by atoms with E-state index in [0.29, 0.717) is 5.41 Å². The maximum atomic E-state index is 4.96. The molecule has 0 aliphatic carbocycles. The van der Waals surface area contributed by atoms with Gasteiger partial charge in [0, 0.05) is 19.2 Å². The highest BCUT2D eigenvalue weighted by atomic mass is 16.5. The smallest absolute Gasteiger partial charge is 0.133 e. The summed E-state index contributed by atoms with van der Waals surface area (Å²) < 4.78 is 4.96. The first-order valence-corrected chi connectivity index (χ1v) is 4.60. The Morgan fingerprint density at radius 1 is 1.46 bits per heavy atom. The van der Waals surface area contributed by atoms with E-state index in [2.05, 4.69) is 31.2 Å². The van der Waals surface area contributed by atoms with E-state index in [0.717, 1.165) is 24.5 Å². The minimum Gasteiger partial charge on any atom is -0.361 e. The monoisotopic (exact) mass is 182 g/mol. The summed E-state index contributed by atoms with van der Waals surface area (Å²) in [6.07, 6.45) is 0. The van der Waals surface area contributed by atoms with Crippen LogP contribution in [-0.4, -0.2) is 11.7 Å². The lowest BCUT2D eigenvalue weighted by atomic mass is 9.97. The van der Waals surface area contributed by atoms with E-state index in [1.54, 1.807) is 0 Å². The maximum absolute atomic E-state index is 4.96. The number of hydrogen-bond acceptors (Lipinski definition) is 3. The minimum absolute atomic E-state index is 0.318. The van der Waals surface area contributed by atoms with Gasteiger partial charge in [0.15, 0.2) is 0 Å². The van der Waals surface area contributed by atoms with E-state index in [4.69, 9.17) is 4.52 Å². The lowest BCUT2D eigenvalue weighted by molar-refractivity contribution is 0.365. The summed E-state index contributed by atoms with van der Waals surface area (Å²) in [5, 5.41) is 7.23. The molecule has 1 N–H and O–H groups in total. The first kappa shape index (κ1) is 10.3. The summed E-state index contributed by atoms with van der Waals surface area (Å²) in [5.41, 5.74) is 1.29. The van der Waals surface area contributed by atoms with Gasteiger partial charge in [0.05, 0.1) is 5.69 Å². The fraction of sp³-hybridized carbons (Fsp3) is 0.700. The predicted octanol–water partition coefficient (Wildman–Crippen LogP) is 2.12. The molecule has 0 saturated heterocycles. The first-order chi connectivity index (χ1) is 5.97. The van der Waals surface area contributed by atoms with Crippen molar-refractivity contribution in [1.82, 2.24) is 10.5 Å². The van der Waals surface area contributed by atoms with Crippen molar-refractivity contribution in [2.45, 2.75) is 34.2 Å². The third-order valence-corrected chi connectivity index (χ3v) is 1.64. The fourth-order valence-corrected chi connectivity index (χ4v) is 1.07. The zero-order chi connectivity index (χ0) is 9.90. The zero-order valence-corrected chi connectivity index (χ0v) is 8.85. The molecule has 0 bridgehead atoms. The van der Waals surface area contributed by atoms with E-state index in [-0.39, 0.29) is 0 Å². The molecule has 74 valence electrons. The Labute approximate surface area is 79.5 Å². The van der Waals surface area contributed by atoms with Crippen LogP contribution in [0.15, 0.2) is 10.6 Å². The normalized spacial score (nSPS) is 12.0. The molecule has 0 amide bonds. The Morgan fingerprint density at radius 2 is 2.15 bits per heavy atom. The quantitative estimate of drug-likeness (QED) is 0.778. The number of nitrogens with zero attached hydrogens (tertiary/aromatic N) is 1. The topological polar surface area (TPSA) is 38.1 Å². The molecular weight excluding hydrogens is 164 g/mol. The van der Waals surface area contributed by atoms with Crippen LogP contribution in [0.25, 0.3) is 0 Å². The Hall–Kier alpha value is -0.830. The summed E-state index contributed by atoms with van der Waals surface area (Å²) in [4.78, 5) is 0. The minimum atomic E-state index is 0.318. The van der Waals surface area contributed by atoms with Crippen LogP contribution < -0.4 is 5.32 Å². The third-order valence-electron chi connectivity index (χ3n) is 1.64. The van der Waals surface area contributed by atoms with Gasteiger partial charge in [-0.15, -0.1) is 0 Å². The van der Waals surface area contributed by atoms with Gasteiger partial charge >= 0.3 is 0 Å². The summed E-state index contributed by atoms with van der Waals surface area (Å²) in [7, 11) is 0. The molecule has 1 aromatic heterocycles. The number of nitrogens with one attached hydrogen (secondary N) is 1. The van der Waals surface area contributed by atoms with E-state index in [9.17, 15) is 0 Å². The Kier molecular flexibility index (Phi) is 3.09. The van der Waals surface area contributed by atoms with Gasteiger partial charge in [-0.2, -0.15) is 0 Å². The van der Waals surface area contributed by atoms with Gasteiger partial charge in [0.25, 0.3) is 0 Å². The molecule has 1 heterocycles. The van der Waals surface area contributed by atoms with E-state index >= 15 is 0 Å². The molecule has 3 nitrogen and oxygen atoms in total. The molecular formula is C10H18N2O. The van der Waals surface area contributed by atoms with Crippen molar-refractivity contribution in [3.05, 3.63) is 17.5 Å². The van der Waals surface area contributed by atoms with Crippen molar-refractivity contribution < 1.29 is 4.52 Å². The molecule has 1 aromatic rings. The van der Waals surface area contributed by atoms with E-state index in [1.807, 2.05) is 13.0 Å². The van der Waals surface area contributed by atoms with Crippen molar-refractivity contribution in [1.29, 1.82) is 0 Å². The maximum Gasteiger partial charge on any atom is 0.133 e. The SMILES string of the molecule is Cc1cc(CNCC(C)(C)C)no1.